The Kier molecular flexibility index (Phi) is 5.01. The molecule has 0 saturated carbocycles. The molecule has 0 fully saturated rings. The van der Waals surface area contributed by atoms with Crippen molar-refractivity contribution in [3.63, 3.8) is 0 Å². The van der Waals surface area contributed by atoms with Gasteiger partial charge in [0.1, 0.15) is 0 Å². The quantitative estimate of drug-likeness (QED) is 0.461. The molecular weight excluding hydrogens is 344 g/mol. The van der Waals surface area contributed by atoms with Gasteiger partial charge in [-0.1, -0.05) is 36.4 Å². The first kappa shape index (κ1) is 15.1. The lowest BCUT2D eigenvalue weighted by Crippen LogP contribution is -2.39. The van der Waals surface area contributed by atoms with Gasteiger partial charge in [-0.05, 0) is 57.9 Å². The molecule has 1 aliphatic carbocycles. The normalized spacial score (nSPS) is 17.9. The van der Waals surface area contributed by atoms with E-state index in [0.29, 0.717) is 12.0 Å². The molecule has 0 radical (unpaired) electrons. The Hall–Kier alpha value is -0.810. The van der Waals surface area contributed by atoms with Crippen molar-refractivity contribution in [1.29, 1.82) is 0 Å². The molecule has 2 nitrogen and oxygen atoms in total. The second kappa shape index (κ2) is 6.97. The molecule has 0 aromatic heterocycles. The van der Waals surface area contributed by atoms with Crippen LogP contribution in [0.2, 0.25) is 0 Å². The Bertz CT molecular complexity index is 617. The molecule has 110 valence electrons. The highest BCUT2D eigenvalue weighted by molar-refractivity contribution is 9.10. The first-order chi connectivity index (χ1) is 10.3. The van der Waals surface area contributed by atoms with Gasteiger partial charge in [-0.25, -0.2) is 0 Å². The van der Waals surface area contributed by atoms with E-state index in [-0.39, 0.29) is 0 Å². The lowest BCUT2D eigenvalue weighted by Gasteiger charge is -2.32. The van der Waals surface area contributed by atoms with Crippen molar-refractivity contribution >= 4 is 27.7 Å². The molecule has 2 aromatic rings. The van der Waals surface area contributed by atoms with Gasteiger partial charge >= 0.3 is 0 Å². The number of rotatable bonds is 6. The van der Waals surface area contributed by atoms with Gasteiger partial charge in [-0.2, -0.15) is 0 Å². The lowest BCUT2D eigenvalue weighted by molar-refractivity contribution is 0.452. The average molecular weight is 363 g/mol. The van der Waals surface area contributed by atoms with Gasteiger partial charge in [-0.15, -0.1) is 11.8 Å². The Labute approximate surface area is 138 Å². The number of hydrogen-bond donors (Lipinski definition) is 2. The van der Waals surface area contributed by atoms with E-state index in [1.807, 2.05) is 17.8 Å². The monoisotopic (exact) mass is 362 g/mol. The SMILES string of the molecule is NNC(CSc1ccccc1Br)CC1Cc2ccccc21. The number of nitrogens with one attached hydrogen (secondary N) is 1. The summed E-state index contributed by atoms with van der Waals surface area (Å²) in [5, 5.41) is 0. The number of benzene rings is 2. The number of thioether (sulfide) groups is 1. The molecule has 0 heterocycles. The molecule has 21 heavy (non-hydrogen) atoms. The van der Waals surface area contributed by atoms with Gasteiger partial charge in [-0.3, -0.25) is 11.3 Å². The van der Waals surface area contributed by atoms with Gasteiger partial charge in [0.25, 0.3) is 0 Å². The Morgan fingerprint density at radius 2 is 1.95 bits per heavy atom. The zero-order valence-corrected chi connectivity index (χ0v) is 14.2. The van der Waals surface area contributed by atoms with Crippen molar-refractivity contribution in [2.45, 2.75) is 29.7 Å². The van der Waals surface area contributed by atoms with Crippen LogP contribution in [0, 0.1) is 0 Å². The minimum absolute atomic E-state index is 0.334. The summed E-state index contributed by atoms with van der Waals surface area (Å²) in [7, 11) is 0. The van der Waals surface area contributed by atoms with E-state index in [9.17, 15) is 0 Å². The molecule has 0 saturated heterocycles. The Morgan fingerprint density at radius 1 is 1.19 bits per heavy atom. The maximum absolute atomic E-state index is 5.75. The summed E-state index contributed by atoms with van der Waals surface area (Å²) in [5.74, 6) is 7.39. The predicted octanol–water partition coefficient (Wildman–Crippen LogP) is 4.10. The van der Waals surface area contributed by atoms with Gasteiger partial charge < -0.3 is 0 Å². The standard InChI is InChI=1S/C17H19BrN2S/c18-16-7-3-4-8-17(16)21-11-14(20-19)10-13-9-12-5-1-2-6-15(12)13/h1-8,13-14,20H,9-11,19H2. The molecule has 2 aromatic carbocycles. The van der Waals surface area contributed by atoms with Crippen LogP contribution >= 0.6 is 27.7 Å². The van der Waals surface area contributed by atoms with Gasteiger partial charge in [0.2, 0.25) is 0 Å². The van der Waals surface area contributed by atoms with Crippen LogP contribution in [-0.4, -0.2) is 11.8 Å². The van der Waals surface area contributed by atoms with Crippen molar-refractivity contribution in [3.8, 4) is 0 Å². The maximum atomic E-state index is 5.75. The highest BCUT2D eigenvalue weighted by Gasteiger charge is 2.27. The van der Waals surface area contributed by atoms with Gasteiger partial charge in [0.15, 0.2) is 0 Å². The van der Waals surface area contributed by atoms with Gasteiger partial charge in [0, 0.05) is 21.2 Å². The van der Waals surface area contributed by atoms with E-state index in [2.05, 4.69) is 63.8 Å². The van der Waals surface area contributed by atoms with Crippen LogP contribution in [0.3, 0.4) is 0 Å². The molecule has 0 spiro atoms. The molecular formula is C17H19BrN2S. The third-order valence-corrected chi connectivity index (χ3v) is 6.23. The van der Waals surface area contributed by atoms with Crippen molar-refractivity contribution in [3.05, 3.63) is 64.1 Å². The largest absolute Gasteiger partial charge is 0.271 e. The molecule has 0 amide bonds. The molecule has 0 aliphatic heterocycles. The van der Waals surface area contributed by atoms with Crippen molar-refractivity contribution in [1.82, 2.24) is 5.43 Å². The van der Waals surface area contributed by atoms with Crippen LogP contribution in [0.4, 0.5) is 0 Å². The highest BCUT2D eigenvalue weighted by Crippen LogP contribution is 2.38. The van der Waals surface area contributed by atoms with E-state index >= 15 is 0 Å². The molecule has 0 bridgehead atoms. The smallest absolute Gasteiger partial charge is 0.0311 e. The van der Waals surface area contributed by atoms with Crippen LogP contribution in [-0.2, 0) is 6.42 Å². The number of nitrogens with two attached hydrogens (primary N) is 1. The first-order valence-electron chi connectivity index (χ1n) is 7.19. The minimum atomic E-state index is 0.334. The third-order valence-electron chi connectivity index (χ3n) is 4.04. The summed E-state index contributed by atoms with van der Waals surface area (Å²) in [4.78, 5) is 1.27. The number of halogens is 1. The van der Waals surface area contributed by atoms with Crippen molar-refractivity contribution < 1.29 is 0 Å². The number of hydrazine groups is 1. The minimum Gasteiger partial charge on any atom is -0.271 e. The number of hydrogen-bond acceptors (Lipinski definition) is 3. The van der Waals surface area contributed by atoms with E-state index in [1.54, 1.807) is 0 Å². The first-order valence-corrected chi connectivity index (χ1v) is 8.97. The summed E-state index contributed by atoms with van der Waals surface area (Å²) < 4.78 is 1.15. The Morgan fingerprint density at radius 3 is 2.71 bits per heavy atom. The molecule has 1 aliphatic rings. The molecule has 2 atom stereocenters. The predicted molar refractivity (Wildman–Crippen MR) is 93.5 cm³/mol. The van der Waals surface area contributed by atoms with Crippen molar-refractivity contribution in [2.24, 2.45) is 5.84 Å². The fraction of sp³-hybridized carbons (Fsp3) is 0.294. The van der Waals surface area contributed by atoms with E-state index < -0.39 is 0 Å². The fourth-order valence-corrected chi connectivity index (χ4v) is 4.47. The van der Waals surface area contributed by atoms with E-state index in [0.717, 1.165) is 16.6 Å². The maximum Gasteiger partial charge on any atom is 0.0311 e. The third kappa shape index (κ3) is 3.51. The van der Waals surface area contributed by atoms with Crippen LogP contribution in [0.1, 0.15) is 23.5 Å². The summed E-state index contributed by atoms with van der Waals surface area (Å²) in [5.41, 5.74) is 5.99. The van der Waals surface area contributed by atoms with Crippen LogP contribution in [0.5, 0.6) is 0 Å². The number of fused-ring (bicyclic) bond motifs is 1. The fourth-order valence-electron chi connectivity index (χ4n) is 2.85. The summed E-state index contributed by atoms with van der Waals surface area (Å²) in [6.45, 7) is 0. The molecule has 3 N–H and O–H groups in total. The lowest BCUT2D eigenvalue weighted by atomic mass is 9.75. The van der Waals surface area contributed by atoms with Crippen LogP contribution in [0.15, 0.2) is 57.9 Å². The summed E-state index contributed by atoms with van der Waals surface area (Å²) in [6, 6.07) is 17.4. The molecule has 2 unspecified atom stereocenters. The van der Waals surface area contributed by atoms with Crippen LogP contribution < -0.4 is 11.3 Å². The summed E-state index contributed by atoms with van der Waals surface area (Å²) >= 11 is 5.44. The summed E-state index contributed by atoms with van der Waals surface area (Å²) in [6.07, 6.45) is 2.29. The van der Waals surface area contributed by atoms with Crippen LogP contribution in [0.25, 0.3) is 0 Å². The Balaban J connectivity index is 1.56. The second-order valence-corrected chi connectivity index (χ2v) is 7.36. The zero-order chi connectivity index (χ0) is 14.7. The molecule has 4 heteroatoms. The topological polar surface area (TPSA) is 38.0 Å². The van der Waals surface area contributed by atoms with Crippen molar-refractivity contribution in [2.75, 3.05) is 5.75 Å². The molecule has 3 rings (SSSR count). The van der Waals surface area contributed by atoms with E-state index in [4.69, 9.17) is 5.84 Å². The average Bonchev–Trinajstić information content (AvgIpc) is 2.49. The highest BCUT2D eigenvalue weighted by atomic mass is 79.9. The van der Waals surface area contributed by atoms with E-state index in [1.165, 1.54) is 22.4 Å². The second-order valence-electron chi connectivity index (χ2n) is 5.44. The zero-order valence-electron chi connectivity index (χ0n) is 11.8. The van der Waals surface area contributed by atoms with Gasteiger partial charge in [0.05, 0.1) is 0 Å².